The molecule has 0 saturated carbocycles. The lowest BCUT2D eigenvalue weighted by Gasteiger charge is -2.04. The SMILES string of the molecule is C/C=C(\CCC)C(=O)OCCN=C=O. The van der Waals surface area contributed by atoms with Gasteiger partial charge in [0.2, 0.25) is 6.08 Å². The van der Waals surface area contributed by atoms with Crippen molar-refractivity contribution in [2.75, 3.05) is 13.2 Å². The van der Waals surface area contributed by atoms with E-state index in [9.17, 15) is 9.59 Å². The quantitative estimate of drug-likeness (QED) is 0.214. The van der Waals surface area contributed by atoms with Crippen LogP contribution in [0.1, 0.15) is 26.7 Å². The van der Waals surface area contributed by atoms with E-state index < -0.39 is 0 Å². The normalized spacial score (nSPS) is 10.6. The van der Waals surface area contributed by atoms with E-state index in [2.05, 4.69) is 4.99 Å². The highest BCUT2D eigenvalue weighted by molar-refractivity contribution is 5.88. The lowest BCUT2D eigenvalue weighted by Crippen LogP contribution is -2.10. The Bertz CT molecular complexity index is 252. The van der Waals surface area contributed by atoms with Crippen LogP contribution in [0.3, 0.4) is 0 Å². The molecule has 4 nitrogen and oxygen atoms in total. The van der Waals surface area contributed by atoms with Gasteiger partial charge in [-0.25, -0.2) is 14.6 Å². The van der Waals surface area contributed by atoms with Crippen LogP contribution in [0, 0.1) is 0 Å². The van der Waals surface area contributed by atoms with E-state index in [-0.39, 0.29) is 19.1 Å². The second-order valence-electron chi connectivity index (χ2n) is 2.67. The maximum atomic E-state index is 11.3. The number of nitrogens with zero attached hydrogens (tertiary/aromatic N) is 1. The number of hydrogen-bond acceptors (Lipinski definition) is 4. The highest BCUT2D eigenvalue weighted by atomic mass is 16.5. The summed E-state index contributed by atoms with van der Waals surface area (Å²) in [6.07, 6.45) is 4.74. The average molecular weight is 197 g/mol. The second kappa shape index (κ2) is 8.20. The third kappa shape index (κ3) is 5.27. The molecule has 0 radical (unpaired) electrons. The molecule has 14 heavy (non-hydrogen) atoms. The highest BCUT2D eigenvalue weighted by Crippen LogP contribution is 2.06. The molecule has 0 amide bonds. The van der Waals surface area contributed by atoms with Gasteiger partial charge in [-0.15, -0.1) is 0 Å². The minimum absolute atomic E-state index is 0.134. The molecule has 0 aliphatic heterocycles. The van der Waals surface area contributed by atoms with Gasteiger partial charge in [0.25, 0.3) is 0 Å². The molecule has 0 aromatic carbocycles. The number of rotatable bonds is 6. The number of allylic oxidation sites excluding steroid dienone is 1. The van der Waals surface area contributed by atoms with Crippen molar-refractivity contribution < 1.29 is 14.3 Å². The van der Waals surface area contributed by atoms with Crippen LogP contribution in [0.15, 0.2) is 16.6 Å². The van der Waals surface area contributed by atoms with Crippen LogP contribution in [0.25, 0.3) is 0 Å². The Hall–Kier alpha value is -1.41. The molecule has 0 fully saturated rings. The van der Waals surface area contributed by atoms with E-state index in [0.29, 0.717) is 12.0 Å². The lowest BCUT2D eigenvalue weighted by atomic mass is 10.1. The van der Waals surface area contributed by atoms with Gasteiger partial charge in [0, 0.05) is 5.57 Å². The summed E-state index contributed by atoms with van der Waals surface area (Å²) in [7, 11) is 0. The first-order valence-corrected chi connectivity index (χ1v) is 4.62. The molecule has 78 valence electrons. The largest absolute Gasteiger partial charge is 0.460 e. The van der Waals surface area contributed by atoms with Crippen molar-refractivity contribution in [3.63, 3.8) is 0 Å². The smallest absolute Gasteiger partial charge is 0.333 e. The Balaban J connectivity index is 3.87. The molecule has 0 N–H and O–H groups in total. The van der Waals surface area contributed by atoms with Crippen molar-refractivity contribution in [1.29, 1.82) is 0 Å². The number of ether oxygens (including phenoxy) is 1. The fourth-order valence-corrected chi connectivity index (χ4v) is 0.956. The predicted molar refractivity (Wildman–Crippen MR) is 52.6 cm³/mol. The van der Waals surface area contributed by atoms with E-state index in [1.807, 2.05) is 6.92 Å². The molecule has 0 aromatic heterocycles. The monoisotopic (exact) mass is 197 g/mol. The van der Waals surface area contributed by atoms with Gasteiger partial charge in [-0.3, -0.25) is 0 Å². The molecule has 0 rings (SSSR count). The molecule has 4 heteroatoms. The minimum atomic E-state index is -0.324. The fourth-order valence-electron chi connectivity index (χ4n) is 0.956. The number of carbonyl (C=O) groups is 1. The van der Waals surface area contributed by atoms with Crippen molar-refractivity contribution >= 4 is 12.0 Å². The summed E-state index contributed by atoms with van der Waals surface area (Å²) in [5, 5.41) is 0. The van der Waals surface area contributed by atoms with E-state index in [1.54, 1.807) is 13.0 Å². The Labute approximate surface area is 83.7 Å². The Kier molecular flexibility index (Phi) is 7.37. The van der Waals surface area contributed by atoms with Crippen molar-refractivity contribution in [1.82, 2.24) is 0 Å². The van der Waals surface area contributed by atoms with Gasteiger partial charge in [-0.05, 0) is 13.3 Å². The van der Waals surface area contributed by atoms with Crippen molar-refractivity contribution in [3.05, 3.63) is 11.6 Å². The van der Waals surface area contributed by atoms with Gasteiger partial charge in [0.15, 0.2) is 0 Å². The zero-order valence-corrected chi connectivity index (χ0v) is 8.58. The lowest BCUT2D eigenvalue weighted by molar-refractivity contribution is -0.138. The number of isocyanates is 1. The topological polar surface area (TPSA) is 55.7 Å². The molecule has 0 saturated heterocycles. The summed E-state index contributed by atoms with van der Waals surface area (Å²) in [4.78, 5) is 24.3. The van der Waals surface area contributed by atoms with Crippen LogP contribution in [0.2, 0.25) is 0 Å². The summed E-state index contributed by atoms with van der Waals surface area (Å²) in [5.41, 5.74) is 0.669. The number of esters is 1. The summed E-state index contributed by atoms with van der Waals surface area (Å²) in [5.74, 6) is -0.324. The van der Waals surface area contributed by atoms with Crippen LogP contribution in [-0.2, 0) is 14.3 Å². The van der Waals surface area contributed by atoms with E-state index in [0.717, 1.165) is 6.42 Å². The fraction of sp³-hybridized carbons (Fsp3) is 0.600. The molecule has 0 unspecified atom stereocenters. The van der Waals surface area contributed by atoms with Crippen molar-refractivity contribution in [2.24, 2.45) is 4.99 Å². The van der Waals surface area contributed by atoms with Crippen LogP contribution >= 0.6 is 0 Å². The highest BCUT2D eigenvalue weighted by Gasteiger charge is 2.07. The molecule has 0 aliphatic rings. The number of hydrogen-bond donors (Lipinski definition) is 0. The van der Waals surface area contributed by atoms with Gasteiger partial charge in [-0.2, -0.15) is 0 Å². The summed E-state index contributed by atoms with van der Waals surface area (Å²) < 4.78 is 4.87. The molecule has 0 aromatic rings. The number of aliphatic imine (C=N–C) groups is 1. The van der Waals surface area contributed by atoms with Gasteiger partial charge in [-0.1, -0.05) is 19.4 Å². The van der Waals surface area contributed by atoms with Gasteiger partial charge >= 0.3 is 5.97 Å². The average Bonchev–Trinajstić information content (AvgIpc) is 2.20. The zero-order valence-electron chi connectivity index (χ0n) is 8.58. The first-order valence-electron chi connectivity index (χ1n) is 4.62. The molecule has 0 atom stereocenters. The summed E-state index contributed by atoms with van der Waals surface area (Å²) in [6, 6.07) is 0. The van der Waals surface area contributed by atoms with E-state index in [1.165, 1.54) is 6.08 Å². The van der Waals surface area contributed by atoms with Gasteiger partial charge < -0.3 is 4.74 Å². The zero-order chi connectivity index (χ0) is 10.8. The van der Waals surface area contributed by atoms with Crippen LogP contribution in [0.4, 0.5) is 0 Å². The van der Waals surface area contributed by atoms with Crippen molar-refractivity contribution in [3.8, 4) is 0 Å². The van der Waals surface area contributed by atoms with E-state index >= 15 is 0 Å². The van der Waals surface area contributed by atoms with Crippen LogP contribution in [0.5, 0.6) is 0 Å². The molecule has 0 aliphatic carbocycles. The molecule has 0 heterocycles. The number of carbonyl (C=O) groups excluding carboxylic acids is 2. The Morgan fingerprint density at radius 2 is 2.29 bits per heavy atom. The maximum Gasteiger partial charge on any atom is 0.333 e. The molecule has 0 bridgehead atoms. The second-order valence-corrected chi connectivity index (χ2v) is 2.67. The van der Waals surface area contributed by atoms with Gasteiger partial charge in [0.05, 0.1) is 6.54 Å². The summed E-state index contributed by atoms with van der Waals surface area (Å²) in [6.45, 7) is 4.11. The third-order valence-electron chi connectivity index (χ3n) is 1.63. The van der Waals surface area contributed by atoms with Crippen LogP contribution < -0.4 is 0 Å². The van der Waals surface area contributed by atoms with E-state index in [4.69, 9.17) is 4.74 Å². The Morgan fingerprint density at radius 1 is 1.57 bits per heavy atom. The Morgan fingerprint density at radius 3 is 2.79 bits per heavy atom. The molecular weight excluding hydrogens is 182 g/mol. The third-order valence-corrected chi connectivity index (χ3v) is 1.63. The predicted octanol–water partition coefficient (Wildman–Crippen LogP) is 1.61. The van der Waals surface area contributed by atoms with Gasteiger partial charge in [0.1, 0.15) is 6.61 Å². The molecule has 0 spiro atoms. The maximum absolute atomic E-state index is 11.3. The van der Waals surface area contributed by atoms with Crippen LogP contribution in [-0.4, -0.2) is 25.2 Å². The summed E-state index contributed by atoms with van der Waals surface area (Å²) >= 11 is 0. The van der Waals surface area contributed by atoms with Crippen molar-refractivity contribution in [2.45, 2.75) is 26.7 Å². The standard InChI is InChI=1S/C10H15NO3/c1-3-5-9(4-2)10(13)14-7-6-11-8-12/h4H,3,5-7H2,1-2H3/b9-4+. The first-order chi connectivity index (χ1) is 6.76. The first kappa shape index (κ1) is 12.6. The molecular formula is C10H15NO3. The minimum Gasteiger partial charge on any atom is -0.460 e.